The summed E-state index contributed by atoms with van der Waals surface area (Å²) in [6, 6.07) is 5.29. The standard InChI is InChI=1S/C15H23ClN2O3/c1-15(2,3)21-14(19)18-9-11(17)7-10-5-6-13(20-4)12(16)8-10/h5-6,8,11H,7,9,17H2,1-4H3,(H,18,19). The summed E-state index contributed by atoms with van der Waals surface area (Å²) in [4.78, 5) is 11.5. The van der Waals surface area contributed by atoms with Gasteiger partial charge in [0.05, 0.1) is 12.1 Å². The maximum absolute atomic E-state index is 11.5. The maximum atomic E-state index is 11.5. The topological polar surface area (TPSA) is 73.6 Å². The van der Waals surface area contributed by atoms with Crippen molar-refractivity contribution in [3.05, 3.63) is 28.8 Å². The number of carbonyl (C=O) groups excluding carboxylic acids is 1. The number of nitrogens with two attached hydrogens (primary N) is 1. The zero-order valence-corrected chi connectivity index (χ0v) is 13.7. The van der Waals surface area contributed by atoms with E-state index in [2.05, 4.69) is 5.32 Å². The van der Waals surface area contributed by atoms with Gasteiger partial charge < -0.3 is 20.5 Å². The van der Waals surface area contributed by atoms with Gasteiger partial charge in [-0.3, -0.25) is 0 Å². The second kappa shape index (κ2) is 7.52. The molecular weight excluding hydrogens is 292 g/mol. The van der Waals surface area contributed by atoms with Crippen molar-refractivity contribution in [3.8, 4) is 5.75 Å². The third-order valence-electron chi connectivity index (χ3n) is 2.62. The van der Waals surface area contributed by atoms with Crippen LogP contribution >= 0.6 is 11.6 Å². The summed E-state index contributed by atoms with van der Waals surface area (Å²) in [6.07, 6.45) is 0.130. The normalized spacial score (nSPS) is 12.7. The lowest BCUT2D eigenvalue weighted by Crippen LogP contribution is -2.41. The fourth-order valence-electron chi connectivity index (χ4n) is 1.74. The van der Waals surface area contributed by atoms with Crippen LogP contribution in [-0.2, 0) is 11.2 Å². The lowest BCUT2D eigenvalue weighted by atomic mass is 10.1. The Morgan fingerprint density at radius 3 is 2.62 bits per heavy atom. The summed E-state index contributed by atoms with van der Waals surface area (Å²) >= 11 is 6.06. The Kier molecular flexibility index (Phi) is 6.30. The van der Waals surface area contributed by atoms with Gasteiger partial charge in [0.25, 0.3) is 0 Å². The van der Waals surface area contributed by atoms with Crippen LogP contribution in [0.4, 0.5) is 4.79 Å². The van der Waals surface area contributed by atoms with Crippen LogP contribution in [-0.4, -0.2) is 31.4 Å². The van der Waals surface area contributed by atoms with Crippen molar-refractivity contribution >= 4 is 17.7 Å². The quantitative estimate of drug-likeness (QED) is 0.876. The first-order valence-corrected chi connectivity index (χ1v) is 7.14. The number of hydrogen-bond donors (Lipinski definition) is 2. The number of alkyl carbamates (subject to hydrolysis) is 1. The Morgan fingerprint density at radius 1 is 1.43 bits per heavy atom. The predicted octanol–water partition coefficient (Wildman–Crippen LogP) is 2.74. The monoisotopic (exact) mass is 314 g/mol. The molecule has 1 unspecified atom stereocenters. The van der Waals surface area contributed by atoms with Crippen LogP contribution in [0.5, 0.6) is 5.75 Å². The lowest BCUT2D eigenvalue weighted by molar-refractivity contribution is 0.0524. The van der Waals surface area contributed by atoms with E-state index in [1.54, 1.807) is 13.2 Å². The van der Waals surface area contributed by atoms with Crippen LogP contribution in [0.3, 0.4) is 0 Å². The predicted molar refractivity (Wildman–Crippen MR) is 83.9 cm³/mol. The van der Waals surface area contributed by atoms with Gasteiger partial charge in [0.2, 0.25) is 0 Å². The zero-order valence-electron chi connectivity index (χ0n) is 12.9. The molecule has 0 aliphatic heterocycles. The smallest absolute Gasteiger partial charge is 0.407 e. The number of ether oxygens (including phenoxy) is 2. The van der Waals surface area contributed by atoms with E-state index in [1.807, 2.05) is 32.9 Å². The van der Waals surface area contributed by atoms with E-state index >= 15 is 0 Å². The molecule has 1 atom stereocenters. The molecule has 0 fully saturated rings. The molecule has 118 valence electrons. The molecule has 1 aromatic rings. The minimum atomic E-state index is -0.516. The van der Waals surface area contributed by atoms with E-state index in [-0.39, 0.29) is 6.04 Å². The van der Waals surface area contributed by atoms with E-state index < -0.39 is 11.7 Å². The molecule has 0 radical (unpaired) electrons. The molecule has 21 heavy (non-hydrogen) atoms. The average Bonchev–Trinajstić information content (AvgIpc) is 2.34. The molecule has 0 aliphatic carbocycles. The average molecular weight is 315 g/mol. The summed E-state index contributed by atoms with van der Waals surface area (Å²) in [6.45, 7) is 5.77. The number of carbonyl (C=O) groups is 1. The number of rotatable bonds is 5. The van der Waals surface area contributed by atoms with Crippen molar-refractivity contribution in [2.75, 3.05) is 13.7 Å². The molecule has 1 amide bonds. The summed E-state index contributed by atoms with van der Waals surface area (Å²) in [5, 5.41) is 3.20. The van der Waals surface area contributed by atoms with Crippen molar-refractivity contribution < 1.29 is 14.3 Å². The van der Waals surface area contributed by atoms with Gasteiger partial charge in [0.15, 0.2) is 0 Å². The molecule has 0 aliphatic rings. The zero-order chi connectivity index (χ0) is 16.0. The minimum absolute atomic E-state index is 0.220. The molecule has 6 heteroatoms. The number of methoxy groups -OCH3 is 1. The molecule has 1 rings (SSSR count). The van der Waals surface area contributed by atoms with Gasteiger partial charge in [-0.2, -0.15) is 0 Å². The summed E-state index contributed by atoms with van der Waals surface area (Å²) in [7, 11) is 1.57. The highest BCUT2D eigenvalue weighted by Gasteiger charge is 2.16. The van der Waals surface area contributed by atoms with Crippen LogP contribution in [0, 0.1) is 0 Å². The number of benzene rings is 1. The second-order valence-electron chi connectivity index (χ2n) is 5.82. The van der Waals surface area contributed by atoms with Crippen molar-refractivity contribution in [3.63, 3.8) is 0 Å². The van der Waals surface area contributed by atoms with Gasteiger partial charge >= 0.3 is 6.09 Å². The Morgan fingerprint density at radius 2 is 2.10 bits per heavy atom. The first-order valence-electron chi connectivity index (χ1n) is 6.76. The van der Waals surface area contributed by atoms with Gasteiger partial charge in [-0.25, -0.2) is 4.79 Å². The molecule has 0 saturated carbocycles. The molecule has 3 N–H and O–H groups in total. The van der Waals surface area contributed by atoms with E-state index in [0.717, 1.165) is 5.56 Å². The molecule has 0 spiro atoms. The third-order valence-corrected chi connectivity index (χ3v) is 2.92. The summed E-state index contributed by atoms with van der Waals surface area (Å²) in [5.74, 6) is 0.626. The fourth-order valence-corrected chi connectivity index (χ4v) is 2.02. The van der Waals surface area contributed by atoms with Gasteiger partial charge in [-0.05, 0) is 44.9 Å². The van der Waals surface area contributed by atoms with Gasteiger partial charge in [0, 0.05) is 12.6 Å². The number of amides is 1. The third kappa shape index (κ3) is 6.69. The minimum Gasteiger partial charge on any atom is -0.495 e. The SMILES string of the molecule is COc1ccc(CC(N)CNC(=O)OC(C)(C)C)cc1Cl. The molecular formula is C15H23ClN2O3. The first kappa shape index (κ1) is 17.6. The van der Waals surface area contributed by atoms with E-state index in [9.17, 15) is 4.79 Å². The summed E-state index contributed by atoms with van der Waals surface area (Å²) in [5.41, 5.74) is 6.46. The summed E-state index contributed by atoms with van der Waals surface area (Å²) < 4.78 is 10.2. The Bertz CT molecular complexity index is 486. The molecule has 0 bridgehead atoms. The Balaban J connectivity index is 2.45. The van der Waals surface area contributed by atoms with Gasteiger partial charge in [0.1, 0.15) is 11.4 Å². The van der Waals surface area contributed by atoms with E-state index in [1.165, 1.54) is 0 Å². The van der Waals surface area contributed by atoms with E-state index in [4.69, 9.17) is 26.8 Å². The first-order chi connectivity index (χ1) is 9.71. The molecule has 0 saturated heterocycles. The van der Waals surface area contributed by atoms with Crippen molar-refractivity contribution in [2.45, 2.75) is 38.8 Å². The fraction of sp³-hybridized carbons (Fsp3) is 0.533. The highest BCUT2D eigenvalue weighted by atomic mass is 35.5. The Hall–Kier alpha value is -1.46. The van der Waals surface area contributed by atoms with Crippen LogP contribution in [0.2, 0.25) is 5.02 Å². The van der Waals surface area contributed by atoms with E-state index in [0.29, 0.717) is 23.7 Å². The highest BCUT2D eigenvalue weighted by molar-refractivity contribution is 6.32. The molecule has 1 aromatic carbocycles. The number of nitrogens with one attached hydrogen (secondary N) is 1. The van der Waals surface area contributed by atoms with Crippen LogP contribution < -0.4 is 15.8 Å². The maximum Gasteiger partial charge on any atom is 0.407 e. The molecule has 0 aromatic heterocycles. The highest BCUT2D eigenvalue weighted by Crippen LogP contribution is 2.25. The molecule has 5 nitrogen and oxygen atoms in total. The van der Waals surface area contributed by atoms with Crippen LogP contribution in [0.25, 0.3) is 0 Å². The molecule has 0 heterocycles. The number of hydrogen-bond acceptors (Lipinski definition) is 4. The van der Waals surface area contributed by atoms with Crippen molar-refractivity contribution in [1.29, 1.82) is 0 Å². The largest absolute Gasteiger partial charge is 0.495 e. The van der Waals surface area contributed by atoms with Crippen LogP contribution in [0.1, 0.15) is 26.3 Å². The van der Waals surface area contributed by atoms with Gasteiger partial charge in [-0.15, -0.1) is 0 Å². The number of halogens is 1. The lowest BCUT2D eigenvalue weighted by Gasteiger charge is -2.21. The second-order valence-corrected chi connectivity index (χ2v) is 6.22. The van der Waals surface area contributed by atoms with Crippen LogP contribution in [0.15, 0.2) is 18.2 Å². The van der Waals surface area contributed by atoms with Gasteiger partial charge in [-0.1, -0.05) is 17.7 Å². The van der Waals surface area contributed by atoms with Crippen molar-refractivity contribution in [1.82, 2.24) is 5.32 Å². The van der Waals surface area contributed by atoms with Crippen molar-refractivity contribution in [2.24, 2.45) is 5.73 Å². The Labute approximate surface area is 130 Å².